The fraction of sp³-hybridized carbons (Fsp3) is 0.211. The molecular formula is C19H16Cl2N4O2S. The lowest BCUT2D eigenvalue weighted by atomic mass is 10.0. The summed E-state index contributed by atoms with van der Waals surface area (Å²) < 4.78 is 14.8. The van der Waals surface area contributed by atoms with Crippen LogP contribution in [0.25, 0.3) is 11.0 Å². The van der Waals surface area contributed by atoms with Crippen LogP contribution < -0.4 is 14.9 Å². The predicted octanol–water partition coefficient (Wildman–Crippen LogP) is 5.02. The maximum Gasteiger partial charge on any atom is 0.191 e. The Balaban J connectivity index is 1.48. The number of benzene rings is 2. The van der Waals surface area contributed by atoms with Gasteiger partial charge in [0.15, 0.2) is 11.4 Å². The van der Waals surface area contributed by atoms with Crippen molar-refractivity contribution in [1.82, 2.24) is 15.6 Å². The molecule has 0 saturated heterocycles. The molecule has 0 fully saturated rings. The minimum absolute atomic E-state index is 0.577. The lowest BCUT2D eigenvalue weighted by Gasteiger charge is -2.18. The van der Waals surface area contributed by atoms with Crippen LogP contribution in [0, 0.1) is 0 Å². The highest BCUT2D eigenvalue weighted by Gasteiger charge is 2.26. The Labute approximate surface area is 175 Å². The van der Waals surface area contributed by atoms with Crippen molar-refractivity contribution in [2.24, 2.45) is 0 Å². The Bertz CT molecular complexity index is 1070. The molecule has 3 heterocycles. The van der Waals surface area contributed by atoms with Crippen molar-refractivity contribution in [2.75, 3.05) is 17.9 Å². The number of halogens is 2. The third-order valence-corrected chi connectivity index (χ3v) is 6.51. The van der Waals surface area contributed by atoms with E-state index in [1.54, 1.807) is 12.1 Å². The number of rotatable bonds is 5. The number of hydrogen-bond acceptors (Lipinski definition) is 7. The number of fused-ring (bicyclic) bond motifs is 3. The summed E-state index contributed by atoms with van der Waals surface area (Å²) in [5.41, 5.74) is 6.35. The zero-order valence-corrected chi connectivity index (χ0v) is 17.0. The van der Waals surface area contributed by atoms with Crippen LogP contribution in [0.5, 0.6) is 5.75 Å². The van der Waals surface area contributed by atoms with Gasteiger partial charge in [-0.15, -0.1) is 0 Å². The molecule has 28 heavy (non-hydrogen) atoms. The summed E-state index contributed by atoms with van der Waals surface area (Å²) in [5, 5.41) is 8.26. The fourth-order valence-corrected chi connectivity index (χ4v) is 4.73. The predicted molar refractivity (Wildman–Crippen MR) is 112 cm³/mol. The van der Waals surface area contributed by atoms with Gasteiger partial charge < -0.3 is 19.0 Å². The largest absolute Gasteiger partial charge is 0.492 e. The van der Waals surface area contributed by atoms with Gasteiger partial charge in [-0.05, 0) is 35.7 Å². The molecule has 0 atom stereocenters. The van der Waals surface area contributed by atoms with Crippen LogP contribution in [0.1, 0.15) is 11.1 Å². The van der Waals surface area contributed by atoms with Crippen molar-refractivity contribution in [3.63, 3.8) is 0 Å². The van der Waals surface area contributed by atoms with Crippen LogP contribution in [0.15, 0.2) is 46.0 Å². The van der Waals surface area contributed by atoms with Gasteiger partial charge in [-0.25, -0.2) is 5.43 Å². The molecule has 0 bridgehead atoms. The molecule has 5 rings (SSSR count). The summed E-state index contributed by atoms with van der Waals surface area (Å²) in [6, 6.07) is 7.45. The highest BCUT2D eigenvalue weighted by molar-refractivity contribution is 8.00. The van der Waals surface area contributed by atoms with Crippen molar-refractivity contribution in [3.05, 3.63) is 57.7 Å². The topological polar surface area (TPSA) is 62.6 Å². The zero-order chi connectivity index (χ0) is 19.1. The van der Waals surface area contributed by atoms with Gasteiger partial charge >= 0.3 is 0 Å². The van der Waals surface area contributed by atoms with Crippen molar-refractivity contribution >= 4 is 51.9 Å². The highest BCUT2D eigenvalue weighted by Crippen LogP contribution is 2.43. The maximum absolute atomic E-state index is 6.25. The normalized spacial score (nSPS) is 15.3. The number of hydrazine groups is 1. The zero-order valence-electron chi connectivity index (χ0n) is 14.7. The monoisotopic (exact) mass is 434 g/mol. The smallest absolute Gasteiger partial charge is 0.191 e. The minimum atomic E-state index is 0.577. The first-order chi connectivity index (χ1) is 13.7. The van der Waals surface area contributed by atoms with Gasteiger partial charge in [0, 0.05) is 24.7 Å². The number of anilines is 1. The summed E-state index contributed by atoms with van der Waals surface area (Å²) in [6.45, 7) is 2.24. The molecule has 2 N–H and O–H groups in total. The molecule has 2 aliphatic heterocycles. The summed E-state index contributed by atoms with van der Waals surface area (Å²) in [6.07, 6.45) is 5.00. The molecule has 0 aliphatic carbocycles. The molecule has 3 aromatic rings. The molecule has 0 amide bonds. The Kier molecular flexibility index (Phi) is 4.76. The molecule has 6 nitrogen and oxygen atoms in total. The molecule has 2 aliphatic rings. The van der Waals surface area contributed by atoms with E-state index in [0.29, 0.717) is 28.1 Å². The average Bonchev–Trinajstić information content (AvgIpc) is 3.41. The third kappa shape index (κ3) is 3.18. The number of ether oxygens (including phenoxy) is 1. The Morgan fingerprint density at radius 3 is 2.93 bits per heavy atom. The lowest BCUT2D eigenvalue weighted by Crippen LogP contribution is -2.28. The Morgan fingerprint density at radius 1 is 1.29 bits per heavy atom. The first-order valence-electron chi connectivity index (χ1n) is 8.81. The van der Waals surface area contributed by atoms with E-state index in [-0.39, 0.29) is 0 Å². The summed E-state index contributed by atoms with van der Waals surface area (Å²) >= 11 is 13.8. The number of aromatic nitrogens is 1. The Hall–Kier alpha value is -2.06. The van der Waals surface area contributed by atoms with Gasteiger partial charge in [-0.2, -0.15) is 0 Å². The van der Waals surface area contributed by atoms with E-state index in [1.807, 2.05) is 18.3 Å². The summed E-state index contributed by atoms with van der Waals surface area (Å²) in [7, 11) is 0. The van der Waals surface area contributed by atoms with Gasteiger partial charge in [0.1, 0.15) is 11.1 Å². The van der Waals surface area contributed by atoms with Crippen LogP contribution in [0.3, 0.4) is 0 Å². The highest BCUT2D eigenvalue weighted by atomic mass is 35.5. The van der Waals surface area contributed by atoms with Crippen LogP contribution in [-0.2, 0) is 13.0 Å². The molecule has 0 spiro atoms. The second kappa shape index (κ2) is 7.40. The molecule has 9 heteroatoms. The minimum Gasteiger partial charge on any atom is -0.492 e. The van der Waals surface area contributed by atoms with Crippen molar-refractivity contribution in [1.29, 1.82) is 0 Å². The van der Waals surface area contributed by atoms with Gasteiger partial charge in [0.05, 0.1) is 28.1 Å². The van der Waals surface area contributed by atoms with Gasteiger partial charge in [-0.3, -0.25) is 0 Å². The van der Waals surface area contributed by atoms with E-state index in [1.165, 1.54) is 23.1 Å². The number of nitrogens with zero attached hydrogens (tertiary/aromatic N) is 2. The maximum atomic E-state index is 6.25. The van der Waals surface area contributed by atoms with Crippen molar-refractivity contribution in [3.8, 4) is 5.75 Å². The van der Waals surface area contributed by atoms with Crippen molar-refractivity contribution < 1.29 is 9.26 Å². The lowest BCUT2D eigenvalue weighted by molar-refractivity contribution is 0.298. The van der Waals surface area contributed by atoms with Crippen LogP contribution in [0.4, 0.5) is 5.82 Å². The Morgan fingerprint density at radius 2 is 2.14 bits per heavy atom. The fourth-order valence-electron chi connectivity index (χ4n) is 3.44. The third-order valence-electron chi connectivity index (χ3n) is 4.72. The van der Waals surface area contributed by atoms with Crippen LogP contribution in [-0.4, -0.2) is 23.3 Å². The van der Waals surface area contributed by atoms with Gasteiger partial charge in [-0.1, -0.05) is 40.5 Å². The number of hydrogen-bond donors (Lipinski definition) is 2. The van der Waals surface area contributed by atoms with E-state index in [2.05, 4.69) is 26.4 Å². The first kappa shape index (κ1) is 18.0. The number of nitrogens with one attached hydrogen (secondary N) is 2. The first-order valence-corrected chi connectivity index (χ1v) is 10.4. The molecule has 0 unspecified atom stereocenters. The molecule has 1 aromatic heterocycles. The van der Waals surface area contributed by atoms with E-state index in [9.17, 15) is 0 Å². The molecular weight excluding hydrogens is 419 g/mol. The van der Waals surface area contributed by atoms with Crippen LogP contribution in [0.2, 0.25) is 10.0 Å². The molecule has 2 aromatic carbocycles. The van der Waals surface area contributed by atoms with E-state index < -0.39 is 0 Å². The summed E-state index contributed by atoms with van der Waals surface area (Å²) in [5.74, 6) is 1.44. The molecule has 0 saturated carbocycles. The van der Waals surface area contributed by atoms with E-state index in [0.717, 1.165) is 35.5 Å². The molecule has 0 radical (unpaired) electrons. The standard InChI is InChI=1S/C19H16Cl2N4O2S/c20-13-3-1-4-14(21)18(13)28-24-19-16-15(27-23-19)9-11(10-25-7-2-6-22-25)12-5-8-26-17(12)16/h1-4,7,9,22H,5-6,8,10H2,(H,23,24). The second-order valence-corrected chi connectivity index (χ2v) is 8.11. The van der Waals surface area contributed by atoms with Gasteiger partial charge in [0.2, 0.25) is 0 Å². The second-order valence-electron chi connectivity index (χ2n) is 6.48. The summed E-state index contributed by atoms with van der Waals surface area (Å²) in [4.78, 5) is 0.739. The van der Waals surface area contributed by atoms with E-state index in [4.69, 9.17) is 32.5 Å². The SMILES string of the molecule is Clc1cccc(Cl)c1SNc1noc2cc(CN3C=CCN3)c3c(c12)OCC3. The van der Waals surface area contributed by atoms with Crippen molar-refractivity contribution in [2.45, 2.75) is 17.9 Å². The average molecular weight is 435 g/mol. The van der Waals surface area contributed by atoms with Crippen LogP contribution >= 0.6 is 35.1 Å². The van der Waals surface area contributed by atoms with Gasteiger partial charge in [0.25, 0.3) is 0 Å². The van der Waals surface area contributed by atoms with E-state index >= 15 is 0 Å². The molecule has 144 valence electrons. The quantitative estimate of drug-likeness (QED) is 0.546.